The van der Waals surface area contributed by atoms with Crippen molar-refractivity contribution < 1.29 is 19.1 Å². The Morgan fingerprint density at radius 1 is 1.39 bits per heavy atom. The van der Waals surface area contributed by atoms with Gasteiger partial charge in [0.1, 0.15) is 0 Å². The number of rotatable bonds is 7. The minimum Gasteiger partial charge on any atom is -0.467 e. The Balaban J connectivity index is 4.79. The lowest BCUT2D eigenvalue weighted by Gasteiger charge is -2.29. The van der Waals surface area contributed by atoms with Gasteiger partial charge in [-0.3, -0.25) is 4.79 Å². The van der Waals surface area contributed by atoms with Crippen LogP contribution in [0.4, 0.5) is 0 Å². The van der Waals surface area contributed by atoms with Gasteiger partial charge < -0.3 is 20.5 Å². The maximum Gasteiger partial charge on any atom is 0.333 e. The van der Waals surface area contributed by atoms with E-state index in [0.29, 0.717) is 0 Å². The molecule has 0 rings (SSSR count). The molecule has 0 aromatic rings. The van der Waals surface area contributed by atoms with E-state index in [2.05, 4.69) is 10.1 Å². The van der Waals surface area contributed by atoms with Crippen LogP contribution in [0.3, 0.4) is 0 Å². The highest BCUT2D eigenvalue weighted by atomic mass is 16.5. The monoisotopic (exact) mass is 260 g/mol. The second-order valence-electron chi connectivity index (χ2n) is 4.66. The van der Waals surface area contributed by atoms with Crippen molar-refractivity contribution in [3.05, 3.63) is 0 Å². The molecule has 0 heterocycles. The van der Waals surface area contributed by atoms with Crippen LogP contribution in [0.2, 0.25) is 0 Å². The summed E-state index contributed by atoms with van der Waals surface area (Å²) in [5.74, 6) is -0.905. The number of nitrogens with one attached hydrogen (secondary N) is 1. The number of carbonyl (C=O) groups is 2. The zero-order valence-electron chi connectivity index (χ0n) is 11.8. The average molecular weight is 260 g/mol. The van der Waals surface area contributed by atoms with Crippen molar-refractivity contribution in [2.24, 2.45) is 11.7 Å². The zero-order valence-corrected chi connectivity index (χ0v) is 11.8. The van der Waals surface area contributed by atoms with Gasteiger partial charge >= 0.3 is 5.97 Å². The Labute approximate surface area is 108 Å². The molecule has 6 nitrogen and oxygen atoms in total. The molecular weight excluding hydrogens is 236 g/mol. The van der Waals surface area contributed by atoms with E-state index in [1.807, 2.05) is 13.8 Å². The van der Waals surface area contributed by atoms with E-state index in [-0.39, 0.29) is 18.4 Å². The number of amides is 1. The Hall–Kier alpha value is -1.14. The van der Waals surface area contributed by atoms with Crippen molar-refractivity contribution in [3.8, 4) is 0 Å². The SMILES string of the molecule is CCC(C)C(N)C(=O)NC(C)(COC)C(=O)OC. The van der Waals surface area contributed by atoms with E-state index >= 15 is 0 Å². The minimum atomic E-state index is -1.22. The van der Waals surface area contributed by atoms with Crippen molar-refractivity contribution in [1.29, 1.82) is 0 Å². The van der Waals surface area contributed by atoms with Gasteiger partial charge in [0, 0.05) is 7.11 Å². The fraction of sp³-hybridized carbons (Fsp3) is 0.833. The summed E-state index contributed by atoms with van der Waals surface area (Å²) in [4.78, 5) is 23.6. The molecule has 3 unspecified atom stereocenters. The number of methoxy groups -OCH3 is 2. The van der Waals surface area contributed by atoms with Gasteiger partial charge in [0.25, 0.3) is 0 Å². The summed E-state index contributed by atoms with van der Waals surface area (Å²) in [6.45, 7) is 5.41. The molecule has 0 radical (unpaired) electrons. The molecule has 0 aliphatic rings. The largest absolute Gasteiger partial charge is 0.467 e. The second-order valence-corrected chi connectivity index (χ2v) is 4.66. The Bertz CT molecular complexity index is 296. The molecule has 0 spiro atoms. The van der Waals surface area contributed by atoms with E-state index in [9.17, 15) is 9.59 Å². The first-order valence-corrected chi connectivity index (χ1v) is 5.97. The highest BCUT2D eigenvalue weighted by Crippen LogP contribution is 2.10. The van der Waals surface area contributed by atoms with Crippen molar-refractivity contribution in [3.63, 3.8) is 0 Å². The Kier molecular flexibility index (Phi) is 6.86. The average Bonchev–Trinajstić information content (AvgIpc) is 2.35. The lowest BCUT2D eigenvalue weighted by molar-refractivity contribution is -0.152. The molecule has 6 heteroatoms. The van der Waals surface area contributed by atoms with Gasteiger partial charge in [-0.25, -0.2) is 4.79 Å². The highest BCUT2D eigenvalue weighted by molar-refractivity contribution is 5.90. The topological polar surface area (TPSA) is 90.7 Å². The predicted molar refractivity (Wildman–Crippen MR) is 67.9 cm³/mol. The number of nitrogens with two attached hydrogens (primary N) is 1. The number of esters is 1. The molecule has 18 heavy (non-hydrogen) atoms. The fourth-order valence-corrected chi connectivity index (χ4v) is 1.53. The van der Waals surface area contributed by atoms with Crippen LogP contribution in [-0.2, 0) is 19.1 Å². The molecule has 0 aliphatic heterocycles. The predicted octanol–water partition coefficient (Wildman–Crippen LogP) is 0.0541. The van der Waals surface area contributed by atoms with Gasteiger partial charge in [-0.15, -0.1) is 0 Å². The summed E-state index contributed by atoms with van der Waals surface area (Å²) in [6.07, 6.45) is 0.786. The first-order chi connectivity index (χ1) is 8.32. The molecule has 0 saturated heterocycles. The van der Waals surface area contributed by atoms with Crippen molar-refractivity contribution in [2.45, 2.75) is 38.8 Å². The van der Waals surface area contributed by atoms with Crippen molar-refractivity contribution >= 4 is 11.9 Å². The molecular formula is C12H24N2O4. The molecule has 0 bridgehead atoms. The van der Waals surface area contributed by atoms with Crippen LogP contribution in [0.5, 0.6) is 0 Å². The third-order valence-corrected chi connectivity index (χ3v) is 3.03. The van der Waals surface area contributed by atoms with Gasteiger partial charge in [0.05, 0.1) is 19.8 Å². The summed E-state index contributed by atoms with van der Waals surface area (Å²) in [6, 6.07) is -0.657. The maximum atomic E-state index is 12.0. The highest BCUT2D eigenvalue weighted by Gasteiger charge is 2.38. The molecule has 0 aliphatic carbocycles. The van der Waals surface area contributed by atoms with Crippen LogP contribution in [-0.4, -0.2) is 44.3 Å². The van der Waals surface area contributed by atoms with E-state index in [1.165, 1.54) is 14.2 Å². The smallest absolute Gasteiger partial charge is 0.333 e. The summed E-state index contributed by atoms with van der Waals surface area (Å²) >= 11 is 0. The molecule has 3 atom stereocenters. The van der Waals surface area contributed by atoms with Gasteiger partial charge in [-0.1, -0.05) is 20.3 Å². The van der Waals surface area contributed by atoms with Crippen LogP contribution in [0, 0.1) is 5.92 Å². The zero-order chi connectivity index (χ0) is 14.3. The number of hydrogen-bond donors (Lipinski definition) is 2. The molecule has 106 valence electrons. The lowest BCUT2D eigenvalue weighted by Crippen LogP contribution is -2.60. The van der Waals surface area contributed by atoms with Crippen LogP contribution in [0.15, 0.2) is 0 Å². The standard InChI is InChI=1S/C12H24N2O4/c1-6-8(2)9(13)10(15)14-12(3,7-17-4)11(16)18-5/h8-9H,6-7,13H2,1-5H3,(H,14,15). The third-order valence-electron chi connectivity index (χ3n) is 3.03. The van der Waals surface area contributed by atoms with Crippen LogP contribution in [0.25, 0.3) is 0 Å². The van der Waals surface area contributed by atoms with Gasteiger partial charge in [0.2, 0.25) is 5.91 Å². The molecule has 0 saturated carbocycles. The van der Waals surface area contributed by atoms with E-state index in [0.717, 1.165) is 6.42 Å². The van der Waals surface area contributed by atoms with E-state index < -0.39 is 17.6 Å². The van der Waals surface area contributed by atoms with E-state index in [4.69, 9.17) is 10.5 Å². The van der Waals surface area contributed by atoms with Crippen molar-refractivity contribution in [1.82, 2.24) is 5.32 Å². The lowest BCUT2D eigenvalue weighted by atomic mass is 9.97. The fourth-order valence-electron chi connectivity index (χ4n) is 1.53. The van der Waals surface area contributed by atoms with Crippen molar-refractivity contribution in [2.75, 3.05) is 20.8 Å². The molecule has 3 N–H and O–H groups in total. The van der Waals surface area contributed by atoms with Gasteiger partial charge in [-0.05, 0) is 12.8 Å². The number of hydrogen-bond acceptors (Lipinski definition) is 5. The summed E-state index contributed by atoms with van der Waals surface area (Å²) in [7, 11) is 2.71. The van der Waals surface area contributed by atoms with Crippen LogP contribution in [0.1, 0.15) is 27.2 Å². The first kappa shape index (κ1) is 16.9. The Morgan fingerprint density at radius 2 is 1.94 bits per heavy atom. The molecule has 0 fully saturated rings. The molecule has 0 aromatic carbocycles. The van der Waals surface area contributed by atoms with Crippen LogP contribution < -0.4 is 11.1 Å². The second kappa shape index (κ2) is 7.33. The Morgan fingerprint density at radius 3 is 2.33 bits per heavy atom. The molecule has 0 aromatic heterocycles. The van der Waals surface area contributed by atoms with Gasteiger partial charge in [-0.2, -0.15) is 0 Å². The third kappa shape index (κ3) is 4.27. The summed E-state index contributed by atoms with van der Waals surface area (Å²) < 4.78 is 9.60. The van der Waals surface area contributed by atoms with Crippen LogP contribution >= 0.6 is 0 Å². The normalized spacial score (nSPS) is 17.4. The quantitative estimate of drug-likeness (QED) is 0.631. The van der Waals surface area contributed by atoms with E-state index in [1.54, 1.807) is 6.92 Å². The maximum absolute atomic E-state index is 12.0. The number of ether oxygens (including phenoxy) is 2. The summed E-state index contributed by atoms with van der Waals surface area (Å²) in [5, 5.41) is 2.60. The minimum absolute atomic E-state index is 0.0264. The molecule has 1 amide bonds. The van der Waals surface area contributed by atoms with Gasteiger partial charge in [0.15, 0.2) is 5.54 Å². The number of carbonyl (C=O) groups excluding carboxylic acids is 2. The first-order valence-electron chi connectivity index (χ1n) is 5.97. The summed E-state index contributed by atoms with van der Waals surface area (Å²) in [5.41, 5.74) is 4.59.